The van der Waals surface area contributed by atoms with Crippen LogP contribution >= 0.6 is 0 Å². The molecule has 0 radical (unpaired) electrons. The lowest BCUT2D eigenvalue weighted by Crippen LogP contribution is -2.25. The van der Waals surface area contributed by atoms with Crippen molar-refractivity contribution in [3.8, 4) is 17.2 Å². The molecule has 1 aromatic carbocycles. The predicted octanol–water partition coefficient (Wildman–Crippen LogP) is 3.15. The van der Waals surface area contributed by atoms with Gasteiger partial charge in [0, 0.05) is 18.7 Å². The number of hydrogen-bond acceptors (Lipinski definition) is 7. The first-order valence-corrected chi connectivity index (χ1v) is 8.65. The number of aromatic hydroxyl groups is 1. The molecular weight excluding hydrogens is 369 g/mol. The van der Waals surface area contributed by atoms with Gasteiger partial charge in [-0.3, -0.25) is 9.59 Å². The van der Waals surface area contributed by atoms with Gasteiger partial charge in [0.2, 0.25) is 0 Å². The summed E-state index contributed by atoms with van der Waals surface area (Å²) in [5.41, 5.74) is -0.160. The molecule has 0 aliphatic heterocycles. The summed E-state index contributed by atoms with van der Waals surface area (Å²) in [6.07, 6.45) is 0.699. The van der Waals surface area contributed by atoms with Gasteiger partial charge in [-0.25, -0.2) is 9.37 Å². The van der Waals surface area contributed by atoms with E-state index in [9.17, 15) is 19.1 Å². The van der Waals surface area contributed by atoms with Crippen molar-refractivity contribution in [2.75, 3.05) is 13.7 Å². The highest BCUT2D eigenvalue weighted by Crippen LogP contribution is 2.29. The maximum atomic E-state index is 12.9. The van der Waals surface area contributed by atoms with Crippen LogP contribution < -0.4 is 9.47 Å². The number of carbonyl (C=O) groups is 2. The lowest BCUT2D eigenvalue weighted by atomic mass is 10.0. The Balaban J connectivity index is 1.85. The fraction of sp³-hybridized carbons (Fsp3) is 0.350. The number of pyridine rings is 1. The van der Waals surface area contributed by atoms with Gasteiger partial charge in [-0.2, -0.15) is 0 Å². The first-order valence-electron chi connectivity index (χ1n) is 8.65. The number of carbonyl (C=O) groups excluding carboxylic acids is 2. The molecule has 0 unspecified atom stereocenters. The third-order valence-corrected chi connectivity index (χ3v) is 3.88. The molecular formula is C20H22FNO6. The highest BCUT2D eigenvalue weighted by atomic mass is 19.1. The highest BCUT2D eigenvalue weighted by Gasteiger charge is 2.24. The minimum Gasteiger partial charge on any atom is -0.503 e. The van der Waals surface area contributed by atoms with Crippen LogP contribution in [0.25, 0.3) is 0 Å². The molecule has 2 rings (SSSR count). The number of nitrogens with zero attached hydrogens (tertiary/aromatic N) is 1. The van der Waals surface area contributed by atoms with Crippen LogP contribution in [0, 0.1) is 11.7 Å². The fourth-order valence-corrected chi connectivity index (χ4v) is 2.38. The second-order valence-corrected chi connectivity index (χ2v) is 6.25. The van der Waals surface area contributed by atoms with E-state index in [4.69, 9.17) is 14.2 Å². The molecule has 7 nitrogen and oxygen atoms in total. The number of esters is 1. The molecule has 150 valence electrons. The maximum Gasteiger partial charge on any atom is 0.309 e. The smallest absolute Gasteiger partial charge is 0.309 e. The van der Waals surface area contributed by atoms with Crippen LogP contribution in [-0.4, -0.2) is 41.7 Å². The van der Waals surface area contributed by atoms with Gasteiger partial charge >= 0.3 is 5.97 Å². The molecule has 0 spiro atoms. The number of hydrogen-bond donors (Lipinski definition) is 1. The molecule has 8 heteroatoms. The van der Waals surface area contributed by atoms with Gasteiger partial charge in [-0.15, -0.1) is 0 Å². The summed E-state index contributed by atoms with van der Waals surface area (Å²) in [5.74, 6) is -1.98. The third-order valence-electron chi connectivity index (χ3n) is 3.88. The Bertz CT molecular complexity index is 824. The van der Waals surface area contributed by atoms with Gasteiger partial charge in [0.25, 0.3) is 0 Å². The summed E-state index contributed by atoms with van der Waals surface area (Å²) in [6.45, 7) is 3.21. The monoisotopic (exact) mass is 391 g/mol. The van der Waals surface area contributed by atoms with E-state index >= 15 is 0 Å². The zero-order valence-corrected chi connectivity index (χ0v) is 15.8. The van der Waals surface area contributed by atoms with Crippen molar-refractivity contribution in [1.82, 2.24) is 4.98 Å². The summed E-state index contributed by atoms with van der Waals surface area (Å²) < 4.78 is 28.5. The Hall–Kier alpha value is -3.16. The number of rotatable bonds is 9. The van der Waals surface area contributed by atoms with Gasteiger partial charge in [0.05, 0.1) is 13.0 Å². The van der Waals surface area contributed by atoms with Gasteiger partial charge in [-0.05, 0) is 31.2 Å². The topological polar surface area (TPSA) is 95.0 Å². The van der Waals surface area contributed by atoms with E-state index in [-0.39, 0.29) is 36.0 Å². The van der Waals surface area contributed by atoms with Crippen LogP contribution in [0.4, 0.5) is 4.39 Å². The Kier molecular flexibility index (Phi) is 7.31. The first kappa shape index (κ1) is 21.1. The third kappa shape index (κ3) is 5.67. The van der Waals surface area contributed by atoms with Crippen LogP contribution in [-0.2, 0) is 9.53 Å². The summed E-state index contributed by atoms with van der Waals surface area (Å²) in [7, 11) is 1.36. The molecule has 2 atom stereocenters. The SMILES string of the molecule is COc1ccnc(C(=O)C[C@@H](C)C(=O)OC[C@H](C)Oc2ccc(F)cc2)c1O. The summed E-state index contributed by atoms with van der Waals surface area (Å²) >= 11 is 0. The van der Waals surface area contributed by atoms with Crippen molar-refractivity contribution >= 4 is 11.8 Å². The molecule has 0 aliphatic carbocycles. The van der Waals surface area contributed by atoms with Crippen molar-refractivity contribution in [3.05, 3.63) is 48.0 Å². The predicted molar refractivity (Wildman–Crippen MR) is 98.0 cm³/mol. The lowest BCUT2D eigenvalue weighted by Gasteiger charge is -2.17. The van der Waals surface area contributed by atoms with E-state index in [0.717, 1.165) is 0 Å². The number of ether oxygens (including phenoxy) is 3. The Morgan fingerprint density at radius 3 is 2.50 bits per heavy atom. The van der Waals surface area contributed by atoms with Crippen molar-refractivity contribution in [2.45, 2.75) is 26.4 Å². The zero-order chi connectivity index (χ0) is 20.7. The van der Waals surface area contributed by atoms with Crippen molar-refractivity contribution in [2.24, 2.45) is 5.92 Å². The second kappa shape index (κ2) is 9.68. The standard InChI is InChI=1S/C20H22FNO6/c1-12(10-16(23)18-19(24)17(26-3)8-9-22-18)20(25)27-11-13(2)28-15-6-4-14(21)5-7-15/h4-9,12-13,24H,10-11H2,1-3H3/t12-,13+/m1/s1. The fourth-order valence-electron chi connectivity index (χ4n) is 2.38. The molecule has 0 saturated carbocycles. The number of ketones is 1. The summed E-state index contributed by atoms with van der Waals surface area (Å²) in [4.78, 5) is 28.3. The molecule has 2 aromatic rings. The highest BCUT2D eigenvalue weighted by molar-refractivity contribution is 5.99. The molecule has 0 saturated heterocycles. The van der Waals surface area contributed by atoms with E-state index in [1.807, 2.05) is 0 Å². The number of benzene rings is 1. The molecule has 0 amide bonds. The van der Waals surface area contributed by atoms with Gasteiger partial charge in [0.15, 0.2) is 23.0 Å². The van der Waals surface area contributed by atoms with Crippen LogP contribution in [0.2, 0.25) is 0 Å². The lowest BCUT2D eigenvalue weighted by molar-refractivity contribution is -0.150. The molecule has 1 N–H and O–H groups in total. The normalized spacial score (nSPS) is 12.7. The Morgan fingerprint density at radius 1 is 1.18 bits per heavy atom. The number of Topliss-reactive ketones (excluding diaryl/α,β-unsaturated/α-hetero) is 1. The first-order chi connectivity index (χ1) is 13.3. The average Bonchev–Trinajstić information content (AvgIpc) is 2.67. The minimum atomic E-state index is -0.738. The van der Waals surface area contributed by atoms with Gasteiger partial charge < -0.3 is 19.3 Å². The van der Waals surface area contributed by atoms with Crippen LogP contribution in [0.5, 0.6) is 17.2 Å². The average molecular weight is 391 g/mol. The quantitative estimate of drug-likeness (QED) is 0.518. The van der Waals surface area contributed by atoms with Crippen molar-refractivity contribution in [3.63, 3.8) is 0 Å². The Morgan fingerprint density at radius 2 is 1.86 bits per heavy atom. The maximum absolute atomic E-state index is 12.9. The zero-order valence-electron chi connectivity index (χ0n) is 15.8. The number of aromatic nitrogens is 1. The van der Waals surface area contributed by atoms with Gasteiger partial charge in [-0.1, -0.05) is 6.92 Å². The van der Waals surface area contributed by atoms with Crippen LogP contribution in [0.3, 0.4) is 0 Å². The molecule has 0 fully saturated rings. The van der Waals surface area contributed by atoms with E-state index in [2.05, 4.69) is 4.98 Å². The van der Waals surface area contributed by atoms with Gasteiger partial charge in [0.1, 0.15) is 24.3 Å². The van der Waals surface area contributed by atoms with Crippen LogP contribution in [0.1, 0.15) is 30.8 Å². The van der Waals surface area contributed by atoms with E-state index in [1.54, 1.807) is 13.8 Å². The van der Waals surface area contributed by atoms with E-state index in [1.165, 1.54) is 43.6 Å². The van der Waals surface area contributed by atoms with E-state index < -0.39 is 23.8 Å². The second-order valence-electron chi connectivity index (χ2n) is 6.25. The van der Waals surface area contributed by atoms with Crippen LogP contribution in [0.15, 0.2) is 36.5 Å². The molecule has 0 aliphatic rings. The Labute approximate surface area is 162 Å². The van der Waals surface area contributed by atoms with Crippen molar-refractivity contribution < 1.29 is 33.3 Å². The van der Waals surface area contributed by atoms with E-state index in [0.29, 0.717) is 5.75 Å². The number of halogens is 1. The molecule has 1 aromatic heterocycles. The molecule has 1 heterocycles. The molecule has 28 heavy (non-hydrogen) atoms. The number of methoxy groups -OCH3 is 1. The summed E-state index contributed by atoms with van der Waals surface area (Å²) in [5, 5.41) is 9.98. The largest absolute Gasteiger partial charge is 0.503 e. The summed E-state index contributed by atoms with van der Waals surface area (Å²) in [6, 6.07) is 6.91. The minimum absolute atomic E-state index is 0.0304. The van der Waals surface area contributed by atoms with Crippen molar-refractivity contribution in [1.29, 1.82) is 0 Å². The molecule has 0 bridgehead atoms.